The summed E-state index contributed by atoms with van der Waals surface area (Å²) in [6.45, 7) is 3.61. The van der Waals surface area contributed by atoms with Gasteiger partial charge in [0.2, 0.25) is 0 Å². The summed E-state index contributed by atoms with van der Waals surface area (Å²) in [5.74, 6) is 0.800. The number of nitrogens with zero attached hydrogens (tertiary/aromatic N) is 1. The lowest BCUT2D eigenvalue weighted by molar-refractivity contribution is -0.125. The summed E-state index contributed by atoms with van der Waals surface area (Å²) in [6.07, 6.45) is 4.21. The average Bonchev–Trinajstić information content (AvgIpc) is 2.59. The van der Waals surface area contributed by atoms with E-state index in [0.29, 0.717) is 25.3 Å². The number of aliphatic hydroxyl groups excluding tert-OH is 2. The molecule has 2 bridgehead atoms. The van der Waals surface area contributed by atoms with E-state index in [9.17, 15) is 15.0 Å². The van der Waals surface area contributed by atoms with E-state index in [1.807, 2.05) is 0 Å². The molecule has 4 rings (SSSR count). The van der Waals surface area contributed by atoms with Crippen molar-refractivity contribution in [3.63, 3.8) is 0 Å². The number of aliphatic hydroxyl groups is 2. The molecule has 4 aliphatic rings. The molecular formula is C16H23NO3. The third-order valence-electron chi connectivity index (χ3n) is 6.13. The Balaban J connectivity index is 1.94. The Morgan fingerprint density at radius 3 is 2.95 bits per heavy atom. The molecule has 0 aromatic rings. The predicted octanol–water partition coefficient (Wildman–Crippen LogP) is 0.933. The van der Waals surface area contributed by atoms with Crippen LogP contribution in [0.2, 0.25) is 0 Å². The maximum absolute atomic E-state index is 12.5. The standard InChI is InChI=1S/C16H23NO3/c1-9-4-10-6-13(19)12-7-11(18)8-17-3-2-15(20)16(10,12)14(17)5-9/h5,9-12,15,18,20H,2-4,6-8H2,1H3/t9-,10+,11+,12-,15-,16?/m1/s1. The van der Waals surface area contributed by atoms with Crippen LogP contribution in [-0.2, 0) is 4.79 Å². The van der Waals surface area contributed by atoms with Gasteiger partial charge in [-0.1, -0.05) is 13.0 Å². The molecule has 4 heteroatoms. The van der Waals surface area contributed by atoms with Gasteiger partial charge >= 0.3 is 0 Å². The van der Waals surface area contributed by atoms with Gasteiger partial charge in [-0.05, 0) is 31.1 Å². The van der Waals surface area contributed by atoms with E-state index >= 15 is 0 Å². The number of rotatable bonds is 0. The van der Waals surface area contributed by atoms with Crippen LogP contribution in [-0.4, -0.2) is 46.2 Å². The number of hydrogen-bond acceptors (Lipinski definition) is 4. The Morgan fingerprint density at radius 2 is 2.15 bits per heavy atom. The first kappa shape index (κ1) is 12.8. The minimum absolute atomic E-state index is 0.179. The molecular weight excluding hydrogens is 254 g/mol. The maximum Gasteiger partial charge on any atom is 0.137 e. The van der Waals surface area contributed by atoms with E-state index < -0.39 is 12.2 Å². The summed E-state index contributed by atoms with van der Waals surface area (Å²) in [5, 5.41) is 21.1. The molecule has 2 heterocycles. The summed E-state index contributed by atoms with van der Waals surface area (Å²) < 4.78 is 0. The Bertz CT molecular complexity index is 488. The molecule has 1 unspecified atom stereocenters. The molecule has 6 atom stereocenters. The quantitative estimate of drug-likeness (QED) is 0.691. The highest BCUT2D eigenvalue weighted by Crippen LogP contribution is 2.62. The molecule has 2 aliphatic heterocycles. The highest BCUT2D eigenvalue weighted by molar-refractivity contribution is 5.86. The Kier molecular flexibility index (Phi) is 2.62. The average molecular weight is 277 g/mol. The van der Waals surface area contributed by atoms with E-state index in [1.165, 1.54) is 5.70 Å². The van der Waals surface area contributed by atoms with Crippen LogP contribution in [0.15, 0.2) is 11.8 Å². The van der Waals surface area contributed by atoms with Crippen molar-refractivity contribution in [2.24, 2.45) is 23.2 Å². The van der Waals surface area contributed by atoms with Crippen LogP contribution >= 0.6 is 0 Å². The molecule has 3 fully saturated rings. The second-order valence-electron chi connectivity index (χ2n) is 7.26. The van der Waals surface area contributed by atoms with Crippen LogP contribution in [0.3, 0.4) is 0 Å². The van der Waals surface area contributed by atoms with Gasteiger partial charge in [0.15, 0.2) is 0 Å². The lowest BCUT2D eigenvalue weighted by Crippen LogP contribution is -2.55. The summed E-state index contributed by atoms with van der Waals surface area (Å²) in [4.78, 5) is 14.8. The Hall–Kier alpha value is -0.870. The maximum atomic E-state index is 12.5. The largest absolute Gasteiger partial charge is 0.392 e. The van der Waals surface area contributed by atoms with Crippen LogP contribution in [0.1, 0.15) is 32.6 Å². The predicted molar refractivity (Wildman–Crippen MR) is 73.7 cm³/mol. The van der Waals surface area contributed by atoms with Gasteiger partial charge in [-0.2, -0.15) is 0 Å². The van der Waals surface area contributed by atoms with Crippen LogP contribution < -0.4 is 0 Å². The van der Waals surface area contributed by atoms with E-state index in [2.05, 4.69) is 17.9 Å². The first-order chi connectivity index (χ1) is 9.53. The first-order valence-electron chi connectivity index (χ1n) is 7.89. The molecule has 0 amide bonds. The zero-order valence-corrected chi connectivity index (χ0v) is 12.0. The normalized spacial score (nSPS) is 50.5. The van der Waals surface area contributed by atoms with Crippen molar-refractivity contribution in [2.75, 3.05) is 13.1 Å². The van der Waals surface area contributed by atoms with Gasteiger partial charge in [0.1, 0.15) is 5.78 Å². The molecule has 2 N–H and O–H groups in total. The van der Waals surface area contributed by atoms with Crippen LogP contribution in [0.25, 0.3) is 0 Å². The van der Waals surface area contributed by atoms with E-state index in [-0.39, 0.29) is 23.0 Å². The number of carbonyl (C=O) groups excluding carboxylic acids is 1. The Labute approximate surface area is 119 Å². The molecule has 110 valence electrons. The van der Waals surface area contributed by atoms with E-state index in [1.54, 1.807) is 0 Å². The number of allylic oxidation sites excluding steroid dienone is 1. The molecule has 2 saturated heterocycles. The van der Waals surface area contributed by atoms with E-state index in [4.69, 9.17) is 0 Å². The van der Waals surface area contributed by atoms with Crippen molar-refractivity contribution in [3.05, 3.63) is 11.8 Å². The van der Waals surface area contributed by atoms with Gasteiger partial charge in [-0.3, -0.25) is 4.79 Å². The van der Waals surface area contributed by atoms with Crippen molar-refractivity contribution in [2.45, 2.75) is 44.8 Å². The molecule has 20 heavy (non-hydrogen) atoms. The number of hydrogen-bond donors (Lipinski definition) is 2. The zero-order chi connectivity index (χ0) is 14.1. The van der Waals surface area contributed by atoms with Gasteiger partial charge in [0, 0.05) is 36.5 Å². The molecule has 2 aliphatic carbocycles. The highest BCUT2D eigenvalue weighted by atomic mass is 16.3. The molecule has 0 aromatic carbocycles. The third-order valence-corrected chi connectivity index (χ3v) is 6.13. The number of piperidine rings is 1. The SMILES string of the molecule is C[C@H]1C=C2N3CC[C@@H](O)C24[C@H](CC(=O)[C@H]4C[C@H](O)C3)C1. The summed E-state index contributed by atoms with van der Waals surface area (Å²) in [7, 11) is 0. The van der Waals surface area contributed by atoms with Gasteiger partial charge < -0.3 is 15.1 Å². The van der Waals surface area contributed by atoms with Gasteiger partial charge in [0.25, 0.3) is 0 Å². The van der Waals surface area contributed by atoms with E-state index in [0.717, 1.165) is 19.4 Å². The third kappa shape index (κ3) is 1.41. The minimum Gasteiger partial charge on any atom is -0.392 e. The zero-order valence-electron chi connectivity index (χ0n) is 12.0. The summed E-state index contributed by atoms with van der Waals surface area (Å²) in [5.41, 5.74) is 0.784. The summed E-state index contributed by atoms with van der Waals surface area (Å²) in [6, 6.07) is 0. The van der Waals surface area contributed by atoms with Crippen LogP contribution in [0, 0.1) is 23.2 Å². The summed E-state index contributed by atoms with van der Waals surface area (Å²) >= 11 is 0. The van der Waals surface area contributed by atoms with Crippen LogP contribution in [0.5, 0.6) is 0 Å². The van der Waals surface area contributed by atoms with Gasteiger partial charge in [-0.15, -0.1) is 0 Å². The van der Waals surface area contributed by atoms with Crippen molar-refractivity contribution in [1.29, 1.82) is 0 Å². The van der Waals surface area contributed by atoms with Crippen molar-refractivity contribution in [3.8, 4) is 0 Å². The van der Waals surface area contributed by atoms with Gasteiger partial charge in [-0.25, -0.2) is 0 Å². The number of Topliss-reactive ketones (excluding diaryl/α,β-unsaturated/α-hetero) is 1. The van der Waals surface area contributed by atoms with Gasteiger partial charge in [0.05, 0.1) is 12.2 Å². The lowest BCUT2D eigenvalue weighted by atomic mass is 9.58. The fraction of sp³-hybridized carbons (Fsp3) is 0.812. The van der Waals surface area contributed by atoms with Crippen molar-refractivity contribution in [1.82, 2.24) is 4.90 Å². The highest BCUT2D eigenvalue weighted by Gasteiger charge is 2.65. The number of carbonyl (C=O) groups is 1. The molecule has 1 spiro atoms. The van der Waals surface area contributed by atoms with Crippen molar-refractivity contribution < 1.29 is 15.0 Å². The lowest BCUT2D eigenvalue weighted by Gasteiger charge is -2.53. The monoisotopic (exact) mass is 277 g/mol. The molecule has 0 aromatic heterocycles. The minimum atomic E-state index is -0.452. The smallest absolute Gasteiger partial charge is 0.137 e. The topological polar surface area (TPSA) is 60.8 Å². The molecule has 1 saturated carbocycles. The molecule has 0 radical (unpaired) electrons. The second kappa shape index (κ2) is 4.08. The first-order valence-corrected chi connectivity index (χ1v) is 7.89. The van der Waals surface area contributed by atoms with Crippen molar-refractivity contribution >= 4 is 5.78 Å². The fourth-order valence-electron chi connectivity index (χ4n) is 5.51. The fourth-order valence-corrected chi connectivity index (χ4v) is 5.51. The Morgan fingerprint density at radius 1 is 1.35 bits per heavy atom. The number of ketones is 1. The molecule has 4 nitrogen and oxygen atoms in total. The van der Waals surface area contributed by atoms with Crippen LogP contribution in [0.4, 0.5) is 0 Å². The second-order valence-corrected chi connectivity index (χ2v) is 7.26.